The van der Waals surface area contributed by atoms with Crippen molar-refractivity contribution in [3.8, 4) is 5.75 Å². The number of hydrogen-bond donors (Lipinski definition) is 2. The van der Waals surface area contributed by atoms with Gasteiger partial charge in [-0.2, -0.15) is 12.6 Å². The smallest absolute Gasteiger partial charge is 0.122 e. The van der Waals surface area contributed by atoms with Gasteiger partial charge in [0, 0.05) is 16.3 Å². The van der Waals surface area contributed by atoms with Gasteiger partial charge < -0.3 is 5.11 Å². The molecule has 0 bridgehead atoms. The van der Waals surface area contributed by atoms with Gasteiger partial charge in [-0.25, -0.2) is 0 Å². The molecule has 1 nitrogen and oxygen atoms in total. The average molecular weight is 201 g/mol. The molecule has 12 heavy (non-hydrogen) atoms. The van der Waals surface area contributed by atoms with E-state index in [0.717, 1.165) is 5.56 Å². The molecule has 3 heteroatoms. The quantitative estimate of drug-likeness (QED) is 0.704. The summed E-state index contributed by atoms with van der Waals surface area (Å²) in [6, 6.07) is 4.92. The van der Waals surface area contributed by atoms with Crippen molar-refractivity contribution >= 4 is 30.3 Å². The first-order chi connectivity index (χ1) is 5.74. The van der Waals surface area contributed by atoms with Crippen LogP contribution in [-0.2, 0) is 0 Å². The second-order valence-electron chi connectivity index (χ2n) is 2.29. The minimum absolute atomic E-state index is 0.234. The Morgan fingerprint density at radius 1 is 1.50 bits per heavy atom. The first-order valence-corrected chi connectivity index (χ1v) is 4.51. The lowest BCUT2D eigenvalue weighted by Gasteiger charge is -1.98. The summed E-state index contributed by atoms with van der Waals surface area (Å²) in [4.78, 5) is 0. The van der Waals surface area contributed by atoms with Crippen molar-refractivity contribution in [3.05, 3.63) is 34.9 Å². The zero-order valence-corrected chi connectivity index (χ0v) is 8.02. The number of phenolic OH excluding ortho intramolecular Hbond substituents is 1. The van der Waals surface area contributed by atoms with E-state index < -0.39 is 0 Å². The van der Waals surface area contributed by atoms with E-state index in [1.54, 1.807) is 24.3 Å². The van der Waals surface area contributed by atoms with E-state index in [1.807, 2.05) is 6.08 Å². The summed E-state index contributed by atoms with van der Waals surface area (Å²) in [5, 5.41) is 9.94. The molecule has 0 atom stereocenters. The molecule has 0 aliphatic rings. The molecule has 0 aliphatic heterocycles. The van der Waals surface area contributed by atoms with Gasteiger partial charge in [-0.1, -0.05) is 23.8 Å². The maximum atomic E-state index is 9.33. The molecule has 0 unspecified atom stereocenters. The molecule has 0 fully saturated rings. The largest absolute Gasteiger partial charge is 0.507 e. The Morgan fingerprint density at radius 3 is 2.92 bits per heavy atom. The minimum Gasteiger partial charge on any atom is -0.507 e. The maximum Gasteiger partial charge on any atom is 0.122 e. The van der Waals surface area contributed by atoms with Crippen LogP contribution in [0.25, 0.3) is 6.08 Å². The molecule has 0 saturated carbocycles. The summed E-state index contributed by atoms with van der Waals surface area (Å²) in [5.41, 5.74) is 0.719. The highest BCUT2D eigenvalue weighted by Gasteiger charge is 1.96. The summed E-state index contributed by atoms with van der Waals surface area (Å²) >= 11 is 9.74. The number of rotatable bonds is 2. The highest BCUT2D eigenvalue weighted by molar-refractivity contribution is 7.80. The fourth-order valence-electron chi connectivity index (χ4n) is 0.839. The first-order valence-electron chi connectivity index (χ1n) is 3.50. The fourth-order valence-corrected chi connectivity index (χ4v) is 1.12. The van der Waals surface area contributed by atoms with Crippen LogP contribution in [0.4, 0.5) is 0 Å². The summed E-state index contributed by atoms with van der Waals surface area (Å²) in [6.07, 6.45) is 3.63. The fraction of sp³-hybridized carbons (Fsp3) is 0.111. The lowest BCUT2D eigenvalue weighted by Crippen LogP contribution is -1.74. The second kappa shape index (κ2) is 4.43. The van der Waals surface area contributed by atoms with Crippen LogP contribution in [0.1, 0.15) is 5.56 Å². The van der Waals surface area contributed by atoms with Crippen LogP contribution < -0.4 is 0 Å². The van der Waals surface area contributed by atoms with Gasteiger partial charge in [0.1, 0.15) is 5.75 Å². The monoisotopic (exact) mass is 200 g/mol. The van der Waals surface area contributed by atoms with Gasteiger partial charge in [0.05, 0.1) is 0 Å². The van der Waals surface area contributed by atoms with E-state index in [0.29, 0.717) is 10.8 Å². The van der Waals surface area contributed by atoms with E-state index in [2.05, 4.69) is 12.6 Å². The third kappa shape index (κ3) is 2.47. The predicted molar refractivity (Wildman–Crippen MR) is 56.0 cm³/mol. The molecule has 1 N–H and O–H groups in total. The van der Waals surface area contributed by atoms with Gasteiger partial charge in [0.25, 0.3) is 0 Å². The molecule has 0 spiro atoms. The molecule has 0 radical (unpaired) electrons. The van der Waals surface area contributed by atoms with Gasteiger partial charge in [0.2, 0.25) is 0 Å². The Hall–Kier alpha value is -0.600. The number of halogens is 1. The Morgan fingerprint density at radius 2 is 2.25 bits per heavy atom. The van der Waals surface area contributed by atoms with Gasteiger partial charge in [0.15, 0.2) is 0 Å². The predicted octanol–water partition coefficient (Wildman–Crippen LogP) is 2.99. The third-order valence-corrected chi connectivity index (χ3v) is 1.84. The summed E-state index contributed by atoms with van der Waals surface area (Å²) in [6.45, 7) is 0. The molecule has 1 aromatic carbocycles. The highest BCUT2D eigenvalue weighted by Crippen LogP contribution is 2.22. The van der Waals surface area contributed by atoms with E-state index >= 15 is 0 Å². The van der Waals surface area contributed by atoms with Crippen LogP contribution >= 0.6 is 24.2 Å². The standard InChI is InChI=1S/C9H9ClOS/c10-8-3-4-9(11)7(6-8)2-1-5-12/h1-4,6,11-12H,5H2. The summed E-state index contributed by atoms with van der Waals surface area (Å²) in [7, 11) is 0. The van der Waals surface area contributed by atoms with E-state index in [1.165, 1.54) is 0 Å². The Bertz CT molecular complexity index is 297. The number of benzene rings is 1. The normalized spacial score (nSPS) is 10.8. The Balaban J connectivity index is 2.97. The third-order valence-electron chi connectivity index (χ3n) is 1.39. The number of aromatic hydroxyl groups is 1. The van der Waals surface area contributed by atoms with Crippen LogP contribution in [0.3, 0.4) is 0 Å². The van der Waals surface area contributed by atoms with E-state index in [-0.39, 0.29) is 5.75 Å². The maximum absolute atomic E-state index is 9.33. The molecular formula is C9H9ClOS. The molecule has 1 rings (SSSR count). The molecule has 0 aliphatic carbocycles. The van der Waals surface area contributed by atoms with Gasteiger partial charge in [-0.3, -0.25) is 0 Å². The average Bonchev–Trinajstić information content (AvgIpc) is 2.07. The number of hydrogen-bond acceptors (Lipinski definition) is 2. The SMILES string of the molecule is Oc1ccc(Cl)cc1C=CCS. The van der Waals surface area contributed by atoms with Crippen molar-refractivity contribution in [2.75, 3.05) is 5.75 Å². The second-order valence-corrected chi connectivity index (χ2v) is 3.09. The van der Waals surface area contributed by atoms with Gasteiger partial charge >= 0.3 is 0 Å². The number of thiol groups is 1. The topological polar surface area (TPSA) is 20.2 Å². The van der Waals surface area contributed by atoms with Crippen LogP contribution in [0.15, 0.2) is 24.3 Å². The molecule has 64 valence electrons. The van der Waals surface area contributed by atoms with E-state index in [9.17, 15) is 5.11 Å². The van der Waals surface area contributed by atoms with Crippen molar-refractivity contribution in [3.63, 3.8) is 0 Å². The zero-order chi connectivity index (χ0) is 8.97. The lowest BCUT2D eigenvalue weighted by atomic mass is 10.2. The van der Waals surface area contributed by atoms with Crippen LogP contribution in [0, 0.1) is 0 Å². The molecule has 1 aromatic rings. The molecule has 0 saturated heterocycles. The van der Waals surface area contributed by atoms with Crippen molar-refractivity contribution in [2.24, 2.45) is 0 Å². The molecule has 0 aromatic heterocycles. The van der Waals surface area contributed by atoms with Crippen molar-refractivity contribution in [1.82, 2.24) is 0 Å². The zero-order valence-electron chi connectivity index (χ0n) is 6.37. The van der Waals surface area contributed by atoms with Gasteiger partial charge in [-0.15, -0.1) is 0 Å². The van der Waals surface area contributed by atoms with Crippen molar-refractivity contribution < 1.29 is 5.11 Å². The van der Waals surface area contributed by atoms with Crippen molar-refractivity contribution in [2.45, 2.75) is 0 Å². The van der Waals surface area contributed by atoms with Crippen LogP contribution in [0.2, 0.25) is 5.02 Å². The Labute approximate surface area is 82.1 Å². The number of phenols is 1. The first kappa shape index (κ1) is 9.49. The lowest BCUT2D eigenvalue weighted by molar-refractivity contribution is 0.474. The summed E-state index contributed by atoms with van der Waals surface area (Å²) < 4.78 is 0. The van der Waals surface area contributed by atoms with Gasteiger partial charge in [-0.05, 0) is 18.2 Å². The van der Waals surface area contributed by atoms with Crippen molar-refractivity contribution in [1.29, 1.82) is 0 Å². The molecule has 0 amide bonds. The Kier molecular flexibility index (Phi) is 3.50. The van der Waals surface area contributed by atoms with E-state index in [4.69, 9.17) is 11.6 Å². The molecule has 0 heterocycles. The van der Waals surface area contributed by atoms with Crippen LogP contribution in [-0.4, -0.2) is 10.9 Å². The summed E-state index contributed by atoms with van der Waals surface area (Å²) in [5.74, 6) is 0.879. The highest BCUT2D eigenvalue weighted by atomic mass is 35.5. The van der Waals surface area contributed by atoms with Crippen LogP contribution in [0.5, 0.6) is 5.75 Å². The molecular weight excluding hydrogens is 192 g/mol. The minimum atomic E-state index is 0.234.